The largest absolute Gasteiger partial charge is 0.359 e. The molecule has 1 rings (SSSR count). The van der Waals surface area contributed by atoms with Crippen LogP contribution in [0.4, 0.5) is 14.5 Å². The molecule has 2 nitrogen and oxygen atoms in total. The Hall–Kier alpha value is -1.49. The van der Waals surface area contributed by atoms with Crippen LogP contribution in [0.25, 0.3) is 0 Å². The van der Waals surface area contributed by atoms with E-state index in [-0.39, 0.29) is 10.8 Å². The van der Waals surface area contributed by atoms with E-state index in [1.165, 1.54) is 0 Å². The van der Waals surface area contributed by atoms with Crippen LogP contribution in [0.15, 0.2) is 30.4 Å². The van der Waals surface area contributed by atoms with Crippen LogP contribution in [0.2, 0.25) is 0 Å². The number of hydrogen-bond acceptors (Lipinski definition) is 1. The van der Waals surface area contributed by atoms with Crippen LogP contribution in [0.1, 0.15) is 6.92 Å². The fourth-order valence-electron chi connectivity index (χ4n) is 0.991. The number of benzene rings is 1. The molecule has 1 aromatic rings. The van der Waals surface area contributed by atoms with E-state index in [2.05, 4.69) is 17.2 Å². The third kappa shape index (κ3) is 3.94. The first-order valence-corrected chi connectivity index (χ1v) is 5.04. The van der Waals surface area contributed by atoms with E-state index in [1.54, 1.807) is 0 Å². The molecule has 0 aliphatic carbocycles. The second-order valence-electron chi connectivity index (χ2n) is 3.39. The molecule has 16 heavy (non-hydrogen) atoms. The van der Waals surface area contributed by atoms with Gasteiger partial charge in [0.2, 0.25) is 0 Å². The zero-order chi connectivity index (χ0) is 12.1. The first-order chi connectivity index (χ1) is 7.49. The lowest BCUT2D eigenvalue weighted by Crippen LogP contribution is -2.29. The molecule has 0 saturated heterocycles. The summed E-state index contributed by atoms with van der Waals surface area (Å²) in [6, 6.07) is 3.13. The average molecular weight is 242 g/mol. The van der Waals surface area contributed by atoms with Gasteiger partial charge in [0, 0.05) is 12.6 Å². The van der Waals surface area contributed by atoms with E-state index in [4.69, 9.17) is 12.2 Å². The lowest BCUT2D eigenvalue weighted by molar-refractivity contribution is 0.604. The Kier molecular flexibility index (Phi) is 4.37. The highest BCUT2D eigenvalue weighted by Crippen LogP contribution is 2.14. The molecule has 1 aromatic carbocycles. The smallest absolute Gasteiger partial charge is 0.171 e. The minimum atomic E-state index is -0.555. The van der Waals surface area contributed by atoms with Crippen molar-refractivity contribution in [3.63, 3.8) is 0 Å². The number of halogens is 2. The molecule has 0 aliphatic heterocycles. The zero-order valence-corrected chi connectivity index (χ0v) is 9.63. The van der Waals surface area contributed by atoms with E-state index >= 15 is 0 Å². The van der Waals surface area contributed by atoms with Crippen LogP contribution >= 0.6 is 12.2 Å². The Labute approximate surface area is 98.4 Å². The molecule has 2 N–H and O–H groups in total. The first-order valence-electron chi connectivity index (χ1n) is 4.63. The Morgan fingerprint density at radius 3 is 2.75 bits per heavy atom. The van der Waals surface area contributed by atoms with Crippen molar-refractivity contribution >= 4 is 23.0 Å². The molecule has 0 fully saturated rings. The third-order valence-electron chi connectivity index (χ3n) is 1.73. The van der Waals surface area contributed by atoms with Gasteiger partial charge < -0.3 is 10.6 Å². The summed E-state index contributed by atoms with van der Waals surface area (Å²) in [4.78, 5) is 0. The molecule has 0 atom stereocenters. The molecule has 5 heteroatoms. The van der Waals surface area contributed by atoms with Crippen molar-refractivity contribution in [1.29, 1.82) is 0 Å². The van der Waals surface area contributed by atoms with Crippen molar-refractivity contribution in [2.75, 3.05) is 11.9 Å². The van der Waals surface area contributed by atoms with Crippen molar-refractivity contribution in [2.24, 2.45) is 0 Å². The maximum Gasteiger partial charge on any atom is 0.171 e. The van der Waals surface area contributed by atoms with Crippen molar-refractivity contribution in [3.05, 3.63) is 42.0 Å². The zero-order valence-electron chi connectivity index (χ0n) is 8.81. The number of nitrogens with one attached hydrogen (secondary N) is 2. The summed E-state index contributed by atoms with van der Waals surface area (Å²) in [6.07, 6.45) is 0. The molecule has 0 bridgehead atoms. The van der Waals surface area contributed by atoms with Gasteiger partial charge in [-0.25, -0.2) is 8.78 Å². The number of thiocarbonyl (C=S) groups is 1. The van der Waals surface area contributed by atoms with Gasteiger partial charge in [-0.2, -0.15) is 0 Å². The molecule has 0 spiro atoms. The standard InChI is InChI=1S/C11H12F2N2S/c1-7(2)6-14-11(16)15-10-5-8(12)3-4-9(10)13/h3-5H,1,6H2,2H3,(H2,14,15,16). The maximum absolute atomic E-state index is 13.2. The van der Waals surface area contributed by atoms with Gasteiger partial charge in [0.25, 0.3) is 0 Å². The van der Waals surface area contributed by atoms with Gasteiger partial charge in [-0.15, -0.1) is 0 Å². The third-order valence-corrected chi connectivity index (χ3v) is 1.97. The van der Waals surface area contributed by atoms with Crippen molar-refractivity contribution in [1.82, 2.24) is 5.32 Å². The van der Waals surface area contributed by atoms with Crippen LogP contribution < -0.4 is 10.6 Å². The van der Waals surface area contributed by atoms with E-state index < -0.39 is 11.6 Å². The Balaban J connectivity index is 2.62. The lowest BCUT2D eigenvalue weighted by atomic mass is 10.3. The van der Waals surface area contributed by atoms with Crippen LogP contribution in [0.3, 0.4) is 0 Å². The van der Waals surface area contributed by atoms with Crippen molar-refractivity contribution in [2.45, 2.75) is 6.92 Å². The summed E-state index contributed by atoms with van der Waals surface area (Å²) < 4.78 is 26.0. The van der Waals surface area contributed by atoms with E-state index in [0.717, 1.165) is 23.8 Å². The summed E-state index contributed by atoms with van der Waals surface area (Å²) in [5.74, 6) is -1.08. The number of rotatable bonds is 3. The van der Waals surface area contributed by atoms with Gasteiger partial charge in [0.05, 0.1) is 5.69 Å². The Bertz CT molecular complexity index is 418. The summed E-state index contributed by atoms with van der Waals surface area (Å²) in [7, 11) is 0. The molecule has 0 saturated carbocycles. The predicted molar refractivity (Wildman–Crippen MR) is 65.4 cm³/mol. The molecule has 0 heterocycles. The molecule has 0 aliphatic rings. The number of anilines is 1. The summed E-state index contributed by atoms with van der Waals surface area (Å²) in [5, 5.41) is 5.61. The second-order valence-corrected chi connectivity index (χ2v) is 3.80. The van der Waals surface area contributed by atoms with Gasteiger partial charge in [0.1, 0.15) is 11.6 Å². The van der Waals surface area contributed by atoms with E-state index in [1.807, 2.05) is 6.92 Å². The summed E-state index contributed by atoms with van der Waals surface area (Å²) in [6.45, 7) is 6.00. The summed E-state index contributed by atoms with van der Waals surface area (Å²) in [5.41, 5.74) is 0.906. The molecular weight excluding hydrogens is 230 g/mol. The van der Waals surface area contributed by atoms with E-state index in [9.17, 15) is 8.78 Å². The predicted octanol–water partition coefficient (Wildman–Crippen LogP) is 2.83. The first kappa shape index (κ1) is 12.6. The Morgan fingerprint density at radius 1 is 1.44 bits per heavy atom. The average Bonchev–Trinajstić information content (AvgIpc) is 2.20. The molecule has 86 valence electrons. The van der Waals surface area contributed by atoms with Gasteiger partial charge in [-0.05, 0) is 31.3 Å². The monoisotopic (exact) mass is 242 g/mol. The Morgan fingerprint density at radius 2 is 2.12 bits per heavy atom. The van der Waals surface area contributed by atoms with Crippen LogP contribution in [-0.4, -0.2) is 11.7 Å². The molecule has 0 radical (unpaired) electrons. The summed E-state index contributed by atoms with van der Waals surface area (Å²) >= 11 is 4.90. The molecule has 0 amide bonds. The normalized spacial score (nSPS) is 9.69. The van der Waals surface area contributed by atoms with Crippen molar-refractivity contribution < 1.29 is 8.78 Å². The van der Waals surface area contributed by atoms with Crippen molar-refractivity contribution in [3.8, 4) is 0 Å². The quantitative estimate of drug-likeness (QED) is 0.629. The van der Waals surface area contributed by atoms with Crippen LogP contribution in [-0.2, 0) is 0 Å². The SMILES string of the molecule is C=C(C)CNC(=S)Nc1cc(F)ccc1F. The highest BCUT2D eigenvalue weighted by atomic mass is 32.1. The topological polar surface area (TPSA) is 24.1 Å². The fourth-order valence-corrected chi connectivity index (χ4v) is 1.17. The molecule has 0 aromatic heterocycles. The van der Waals surface area contributed by atoms with Gasteiger partial charge in [0.15, 0.2) is 5.11 Å². The highest BCUT2D eigenvalue weighted by Gasteiger charge is 2.05. The highest BCUT2D eigenvalue weighted by molar-refractivity contribution is 7.80. The van der Waals surface area contributed by atoms with Crippen LogP contribution in [0.5, 0.6) is 0 Å². The number of hydrogen-bond donors (Lipinski definition) is 2. The second kappa shape index (κ2) is 5.55. The minimum Gasteiger partial charge on any atom is -0.359 e. The van der Waals surface area contributed by atoms with Gasteiger partial charge >= 0.3 is 0 Å². The fraction of sp³-hybridized carbons (Fsp3) is 0.182. The van der Waals surface area contributed by atoms with E-state index in [0.29, 0.717) is 6.54 Å². The van der Waals surface area contributed by atoms with Gasteiger partial charge in [-0.3, -0.25) is 0 Å². The maximum atomic E-state index is 13.2. The van der Waals surface area contributed by atoms with Gasteiger partial charge in [-0.1, -0.05) is 12.2 Å². The van der Waals surface area contributed by atoms with Crippen LogP contribution in [0, 0.1) is 11.6 Å². The lowest BCUT2D eigenvalue weighted by Gasteiger charge is -2.10. The molecular formula is C11H12F2N2S. The minimum absolute atomic E-state index is 0.0132. The molecule has 0 unspecified atom stereocenters.